The molecule has 0 spiro atoms. The van der Waals surface area contributed by atoms with E-state index in [1.807, 2.05) is 6.26 Å². The fourth-order valence-electron chi connectivity index (χ4n) is 2.88. The van der Waals surface area contributed by atoms with E-state index in [-0.39, 0.29) is 0 Å². The van der Waals surface area contributed by atoms with Gasteiger partial charge in [0.25, 0.3) is 0 Å². The van der Waals surface area contributed by atoms with Crippen molar-refractivity contribution in [1.29, 1.82) is 0 Å². The molecule has 1 unspecified atom stereocenters. The Morgan fingerprint density at radius 2 is 2.38 bits per heavy atom. The first kappa shape index (κ1) is 7.63. The molecule has 2 heteroatoms. The smallest absolute Gasteiger partial charge is 0.0935 e. The predicted octanol–water partition coefficient (Wildman–Crippen LogP) is 2.06. The average Bonchev–Trinajstić information content (AvgIpc) is 2.68. The van der Waals surface area contributed by atoms with Crippen LogP contribution >= 0.6 is 0 Å². The molecule has 1 atom stereocenters. The van der Waals surface area contributed by atoms with Crippen LogP contribution in [-0.2, 0) is 6.42 Å². The molecule has 0 radical (unpaired) electrons. The maximum absolute atomic E-state index is 5.11. The van der Waals surface area contributed by atoms with Gasteiger partial charge in [0, 0.05) is 12.1 Å². The van der Waals surface area contributed by atoms with Crippen LogP contribution in [0.15, 0.2) is 23.0 Å². The van der Waals surface area contributed by atoms with Gasteiger partial charge in [-0.25, -0.2) is 0 Å². The zero-order valence-corrected chi connectivity index (χ0v) is 7.83. The molecular formula is C11H15NO. The number of nitrogens with zero attached hydrogens (tertiary/aromatic N) is 1. The molecule has 3 rings (SSSR count). The molecule has 70 valence electrons. The number of furan rings is 1. The van der Waals surface area contributed by atoms with Gasteiger partial charge in [0.05, 0.1) is 12.5 Å². The zero-order chi connectivity index (χ0) is 8.73. The van der Waals surface area contributed by atoms with Crippen LogP contribution in [0.4, 0.5) is 0 Å². The average molecular weight is 177 g/mol. The first-order chi connectivity index (χ1) is 6.39. The van der Waals surface area contributed by atoms with Crippen LogP contribution in [0.25, 0.3) is 0 Å². The van der Waals surface area contributed by atoms with Crippen LogP contribution in [0.1, 0.15) is 24.8 Å². The van der Waals surface area contributed by atoms with Crippen LogP contribution in [0, 0.1) is 0 Å². The minimum atomic E-state index is 0.532. The Morgan fingerprint density at radius 3 is 3.00 bits per heavy atom. The van der Waals surface area contributed by atoms with Gasteiger partial charge >= 0.3 is 0 Å². The lowest BCUT2D eigenvalue weighted by Crippen LogP contribution is -2.56. The fourth-order valence-corrected chi connectivity index (χ4v) is 2.88. The van der Waals surface area contributed by atoms with Crippen molar-refractivity contribution >= 4 is 0 Å². The second-order valence-electron chi connectivity index (χ2n) is 4.37. The minimum absolute atomic E-state index is 0.532. The molecule has 0 N–H and O–H groups in total. The summed E-state index contributed by atoms with van der Waals surface area (Å²) < 4.78 is 5.11. The molecule has 0 aliphatic carbocycles. The van der Waals surface area contributed by atoms with Crippen LogP contribution in [0.3, 0.4) is 0 Å². The summed E-state index contributed by atoms with van der Waals surface area (Å²) in [7, 11) is 0. The van der Waals surface area contributed by atoms with Gasteiger partial charge < -0.3 is 4.42 Å². The Kier molecular flexibility index (Phi) is 1.53. The monoisotopic (exact) mass is 177 g/mol. The SMILES string of the molecule is c1cc(CC23CCCN2CC3)co1. The second-order valence-corrected chi connectivity index (χ2v) is 4.37. The van der Waals surface area contributed by atoms with E-state index >= 15 is 0 Å². The summed E-state index contributed by atoms with van der Waals surface area (Å²) in [5.41, 5.74) is 1.90. The first-order valence-electron chi connectivity index (χ1n) is 5.15. The molecule has 2 saturated heterocycles. The lowest BCUT2D eigenvalue weighted by molar-refractivity contribution is 0.0279. The minimum Gasteiger partial charge on any atom is -0.472 e. The van der Waals surface area contributed by atoms with Crippen molar-refractivity contribution in [2.75, 3.05) is 13.1 Å². The van der Waals surface area contributed by atoms with Gasteiger partial charge in [-0.15, -0.1) is 0 Å². The van der Waals surface area contributed by atoms with Crippen molar-refractivity contribution in [3.05, 3.63) is 24.2 Å². The number of fused-ring (bicyclic) bond motifs is 1. The molecule has 0 aromatic carbocycles. The van der Waals surface area contributed by atoms with Crippen LogP contribution in [-0.4, -0.2) is 23.5 Å². The molecular weight excluding hydrogens is 162 g/mol. The van der Waals surface area contributed by atoms with E-state index in [0.717, 1.165) is 0 Å². The van der Waals surface area contributed by atoms with E-state index in [2.05, 4.69) is 11.0 Å². The highest BCUT2D eigenvalue weighted by Gasteiger charge is 2.47. The highest BCUT2D eigenvalue weighted by atomic mass is 16.3. The standard InChI is InChI=1S/C11H15NO/c1-3-11(4-6-12(11)5-1)8-10-2-7-13-9-10/h2,7,9H,1,3-6,8H2. The van der Waals surface area contributed by atoms with Crippen molar-refractivity contribution in [3.63, 3.8) is 0 Å². The summed E-state index contributed by atoms with van der Waals surface area (Å²) in [6.45, 7) is 2.63. The van der Waals surface area contributed by atoms with Gasteiger partial charge in [-0.05, 0) is 43.9 Å². The summed E-state index contributed by atoms with van der Waals surface area (Å²) in [4.78, 5) is 2.64. The maximum atomic E-state index is 5.11. The van der Waals surface area contributed by atoms with Gasteiger partial charge in [-0.3, -0.25) is 4.90 Å². The molecule has 2 fully saturated rings. The number of hydrogen-bond acceptors (Lipinski definition) is 2. The number of hydrogen-bond donors (Lipinski definition) is 0. The van der Waals surface area contributed by atoms with E-state index in [1.54, 1.807) is 6.26 Å². The van der Waals surface area contributed by atoms with Crippen molar-refractivity contribution < 1.29 is 4.42 Å². The third kappa shape index (κ3) is 1.05. The predicted molar refractivity (Wildman–Crippen MR) is 50.6 cm³/mol. The summed E-state index contributed by atoms with van der Waals surface area (Å²) in [6.07, 6.45) is 9.03. The van der Waals surface area contributed by atoms with Crippen molar-refractivity contribution in [2.24, 2.45) is 0 Å². The van der Waals surface area contributed by atoms with Crippen LogP contribution in [0.5, 0.6) is 0 Å². The van der Waals surface area contributed by atoms with Crippen molar-refractivity contribution in [2.45, 2.75) is 31.2 Å². The first-order valence-corrected chi connectivity index (χ1v) is 5.15. The highest BCUT2D eigenvalue weighted by Crippen LogP contribution is 2.42. The summed E-state index contributed by atoms with van der Waals surface area (Å²) in [5.74, 6) is 0. The van der Waals surface area contributed by atoms with E-state index in [4.69, 9.17) is 4.42 Å². The molecule has 0 bridgehead atoms. The molecule has 2 aliphatic heterocycles. The van der Waals surface area contributed by atoms with Crippen molar-refractivity contribution in [1.82, 2.24) is 4.90 Å². The van der Waals surface area contributed by atoms with Crippen LogP contribution < -0.4 is 0 Å². The lowest BCUT2D eigenvalue weighted by atomic mass is 9.80. The van der Waals surface area contributed by atoms with E-state index < -0.39 is 0 Å². The topological polar surface area (TPSA) is 16.4 Å². The Morgan fingerprint density at radius 1 is 1.38 bits per heavy atom. The van der Waals surface area contributed by atoms with Gasteiger partial charge in [0.1, 0.15) is 0 Å². The Hall–Kier alpha value is -0.760. The molecule has 0 amide bonds. The largest absolute Gasteiger partial charge is 0.472 e. The van der Waals surface area contributed by atoms with Crippen LogP contribution in [0.2, 0.25) is 0 Å². The molecule has 2 aliphatic rings. The van der Waals surface area contributed by atoms with Gasteiger partial charge in [-0.1, -0.05) is 0 Å². The van der Waals surface area contributed by atoms with Gasteiger partial charge in [0.15, 0.2) is 0 Å². The third-order valence-electron chi connectivity index (χ3n) is 3.70. The Bertz CT molecular complexity index is 293. The summed E-state index contributed by atoms with van der Waals surface area (Å²) >= 11 is 0. The summed E-state index contributed by atoms with van der Waals surface area (Å²) in [6, 6.07) is 2.10. The Balaban J connectivity index is 1.78. The molecule has 1 aromatic heterocycles. The Labute approximate surface area is 78.5 Å². The van der Waals surface area contributed by atoms with E-state index in [1.165, 1.54) is 44.3 Å². The van der Waals surface area contributed by atoms with E-state index in [0.29, 0.717) is 5.54 Å². The quantitative estimate of drug-likeness (QED) is 0.687. The zero-order valence-electron chi connectivity index (χ0n) is 7.83. The van der Waals surface area contributed by atoms with Gasteiger partial charge in [0.2, 0.25) is 0 Å². The molecule has 1 aromatic rings. The fraction of sp³-hybridized carbons (Fsp3) is 0.636. The van der Waals surface area contributed by atoms with E-state index in [9.17, 15) is 0 Å². The summed E-state index contributed by atoms with van der Waals surface area (Å²) in [5, 5.41) is 0. The lowest BCUT2D eigenvalue weighted by Gasteiger charge is -2.48. The maximum Gasteiger partial charge on any atom is 0.0935 e. The molecule has 0 saturated carbocycles. The molecule has 3 heterocycles. The third-order valence-corrected chi connectivity index (χ3v) is 3.70. The molecule has 13 heavy (non-hydrogen) atoms. The van der Waals surface area contributed by atoms with Crippen molar-refractivity contribution in [3.8, 4) is 0 Å². The highest BCUT2D eigenvalue weighted by molar-refractivity contribution is 5.16. The normalized spacial score (nSPS) is 32.9. The van der Waals surface area contributed by atoms with Gasteiger partial charge in [-0.2, -0.15) is 0 Å². The second kappa shape index (κ2) is 2.61. The molecule has 2 nitrogen and oxygen atoms in total. The number of rotatable bonds is 2.